The van der Waals surface area contributed by atoms with Crippen molar-refractivity contribution in [2.45, 2.75) is 25.9 Å². The van der Waals surface area contributed by atoms with Gasteiger partial charge in [-0.1, -0.05) is 23.5 Å². The van der Waals surface area contributed by atoms with Gasteiger partial charge in [0.2, 0.25) is 0 Å². The SMILES string of the molecule is Cc1cccc2nc(N3CCC[C@H]([C@@H](O)c4nccn4C)C3)sc12. The number of aliphatic hydroxyl groups excluding tert-OH is 1. The van der Waals surface area contributed by atoms with E-state index in [2.05, 4.69) is 35.0 Å². The molecule has 1 aromatic carbocycles. The summed E-state index contributed by atoms with van der Waals surface area (Å²) in [5.41, 5.74) is 2.35. The summed E-state index contributed by atoms with van der Waals surface area (Å²) in [5.74, 6) is 0.940. The minimum atomic E-state index is -0.524. The van der Waals surface area contributed by atoms with Gasteiger partial charge in [-0.2, -0.15) is 0 Å². The van der Waals surface area contributed by atoms with Crippen LogP contribution in [-0.2, 0) is 7.05 Å². The smallest absolute Gasteiger partial charge is 0.186 e. The van der Waals surface area contributed by atoms with Gasteiger partial charge >= 0.3 is 0 Å². The molecule has 0 saturated carbocycles. The highest BCUT2D eigenvalue weighted by molar-refractivity contribution is 7.22. The number of piperidine rings is 1. The zero-order valence-corrected chi connectivity index (χ0v) is 14.8. The third-order valence-electron chi connectivity index (χ3n) is 4.90. The van der Waals surface area contributed by atoms with Crippen molar-refractivity contribution in [1.82, 2.24) is 14.5 Å². The number of anilines is 1. The number of nitrogens with zero attached hydrogens (tertiary/aromatic N) is 4. The summed E-state index contributed by atoms with van der Waals surface area (Å²) in [7, 11) is 1.93. The standard InChI is InChI=1S/C18H22N4OS/c1-12-5-3-7-14-16(12)24-18(20-14)22-9-4-6-13(11-22)15(23)17-19-8-10-21(17)2/h3,5,7-8,10,13,15,23H,4,6,9,11H2,1-2H3/t13-,15+/m0/s1. The second-order valence-electron chi connectivity index (χ2n) is 6.61. The Kier molecular flexibility index (Phi) is 4.02. The van der Waals surface area contributed by atoms with Crippen molar-refractivity contribution in [3.8, 4) is 0 Å². The monoisotopic (exact) mass is 342 g/mol. The fourth-order valence-corrected chi connectivity index (χ4v) is 4.59. The van der Waals surface area contributed by atoms with E-state index in [1.165, 1.54) is 10.3 Å². The number of rotatable bonds is 3. The molecule has 6 heteroatoms. The molecule has 24 heavy (non-hydrogen) atoms. The fourth-order valence-electron chi connectivity index (χ4n) is 3.52. The summed E-state index contributed by atoms with van der Waals surface area (Å²) in [6.07, 6.45) is 5.20. The van der Waals surface area contributed by atoms with E-state index in [-0.39, 0.29) is 5.92 Å². The lowest BCUT2D eigenvalue weighted by Crippen LogP contribution is -2.38. The number of thiazole rings is 1. The predicted octanol–water partition coefficient (Wildman–Crippen LogP) is 3.29. The Morgan fingerprint density at radius 2 is 2.25 bits per heavy atom. The highest BCUT2D eigenvalue weighted by Gasteiger charge is 2.30. The Morgan fingerprint density at radius 1 is 1.38 bits per heavy atom. The average Bonchev–Trinajstić information content (AvgIpc) is 3.21. The third-order valence-corrected chi connectivity index (χ3v) is 6.17. The van der Waals surface area contributed by atoms with Crippen molar-refractivity contribution in [3.63, 3.8) is 0 Å². The van der Waals surface area contributed by atoms with Gasteiger partial charge in [-0.3, -0.25) is 0 Å². The Labute approximate surface area is 145 Å². The van der Waals surface area contributed by atoms with Crippen LogP contribution in [0, 0.1) is 12.8 Å². The minimum absolute atomic E-state index is 0.188. The number of aromatic nitrogens is 3. The van der Waals surface area contributed by atoms with Crippen molar-refractivity contribution >= 4 is 26.7 Å². The number of hydrogen-bond donors (Lipinski definition) is 1. The first-order chi connectivity index (χ1) is 11.6. The summed E-state index contributed by atoms with van der Waals surface area (Å²) >= 11 is 1.76. The second kappa shape index (κ2) is 6.18. The number of benzene rings is 1. The molecular formula is C18H22N4OS. The largest absolute Gasteiger partial charge is 0.385 e. The normalized spacial score (nSPS) is 19.8. The van der Waals surface area contributed by atoms with Crippen molar-refractivity contribution < 1.29 is 5.11 Å². The third kappa shape index (κ3) is 2.70. The number of aryl methyl sites for hydroxylation is 2. The van der Waals surface area contributed by atoms with Crippen LogP contribution in [0.2, 0.25) is 0 Å². The fraction of sp³-hybridized carbons (Fsp3) is 0.444. The number of hydrogen-bond acceptors (Lipinski definition) is 5. The number of fused-ring (bicyclic) bond motifs is 1. The van der Waals surface area contributed by atoms with E-state index in [0.717, 1.165) is 42.4 Å². The highest BCUT2D eigenvalue weighted by Crippen LogP contribution is 2.35. The van der Waals surface area contributed by atoms with Crippen LogP contribution >= 0.6 is 11.3 Å². The molecule has 1 aliphatic heterocycles. The van der Waals surface area contributed by atoms with Crippen LogP contribution in [0.5, 0.6) is 0 Å². The number of imidazole rings is 1. The Bertz CT molecular complexity index is 856. The highest BCUT2D eigenvalue weighted by atomic mass is 32.1. The summed E-state index contributed by atoms with van der Waals surface area (Å²) in [6.45, 7) is 3.96. The molecule has 2 aromatic heterocycles. The molecule has 3 aromatic rings. The molecule has 2 atom stereocenters. The van der Waals surface area contributed by atoms with Gasteiger partial charge in [-0.25, -0.2) is 9.97 Å². The molecule has 0 bridgehead atoms. The average molecular weight is 342 g/mol. The molecule has 3 heterocycles. The molecule has 0 spiro atoms. The molecule has 0 radical (unpaired) electrons. The number of aliphatic hydroxyl groups is 1. The van der Waals surface area contributed by atoms with Crippen LogP contribution in [0.4, 0.5) is 5.13 Å². The van der Waals surface area contributed by atoms with E-state index in [1.807, 2.05) is 17.8 Å². The molecule has 4 rings (SSSR count). The zero-order valence-electron chi connectivity index (χ0n) is 14.0. The first-order valence-electron chi connectivity index (χ1n) is 8.40. The quantitative estimate of drug-likeness (QED) is 0.793. The molecule has 5 nitrogen and oxygen atoms in total. The van der Waals surface area contributed by atoms with E-state index in [0.29, 0.717) is 0 Å². The van der Waals surface area contributed by atoms with E-state index < -0.39 is 6.10 Å². The maximum atomic E-state index is 10.7. The van der Waals surface area contributed by atoms with Gasteiger partial charge in [0, 0.05) is 38.4 Å². The van der Waals surface area contributed by atoms with Crippen molar-refractivity contribution in [3.05, 3.63) is 42.0 Å². The zero-order chi connectivity index (χ0) is 16.7. The lowest BCUT2D eigenvalue weighted by molar-refractivity contribution is 0.0875. The van der Waals surface area contributed by atoms with E-state index in [1.54, 1.807) is 17.5 Å². The molecule has 0 amide bonds. The van der Waals surface area contributed by atoms with Gasteiger partial charge in [0.25, 0.3) is 0 Å². The van der Waals surface area contributed by atoms with Crippen LogP contribution in [0.1, 0.15) is 30.3 Å². The van der Waals surface area contributed by atoms with Crippen LogP contribution in [0.15, 0.2) is 30.6 Å². The first kappa shape index (κ1) is 15.6. The van der Waals surface area contributed by atoms with E-state index in [4.69, 9.17) is 4.98 Å². The van der Waals surface area contributed by atoms with E-state index >= 15 is 0 Å². The lowest BCUT2D eigenvalue weighted by atomic mass is 9.92. The van der Waals surface area contributed by atoms with Gasteiger partial charge in [0.15, 0.2) is 5.13 Å². The van der Waals surface area contributed by atoms with Crippen LogP contribution in [-0.4, -0.2) is 32.7 Å². The summed E-state index contributed by atoms with van der Waals surface area (Å²) < 4.78 is 3.17. The van der Waals surface area contributed by atoms with Crippen LogP contribution < -0.4 is 4.90 Å². The molecule has 1 aliphatic rings. The predicted molar refractivity (Wildman–Crippen MR) is 97.5 cm³/mol. The topological polar surface area (TPSA) is 54.2 Å². The molecule has 1 saturated heterocycles. The van der Waals surface area contributed by atoms with E-state index in [9.17, 15) is 5.11 Å². The maximum absolute atomic E-state index is 10.7. The lowest BCUT2D eigenvalue weighted by Gasteiger charge is -2.34. The van der Waals surface area contributed by atoms with Gasteiger partial charge in [0.05, 0.1) is 10.2 Å². The van der Waals surface area contributed by atoms with Crippen LogP contribution in [0.3, 0.4) is 0 Å². The van der Waals surface area contributed by atoms with Crippen molar-refractivity contribution in [2.75, 3.05) is 18.0 Å². The summed E-state index contributed by atoms with van der Waals surface area (Å²) in [6, 6.07) is 6.27. The van der Waals surface area contributed by atoms with Gasteiger partial charge in [0.1, 0.15) is 11.9 Å². The summed E-state index contributed by atoms with van der Waals surface area (Å²) in [4.78, 5) is 11.5. The second-order valence-corrected chi connectivity index (χ2v) is 7.59. The molecule has 1 fully saturated rings. The van der Waals surface area contributed by atoms with Gasteiger partial charge < -0.3 is 14.6 Å². The minimum Gasteiger partial charge on any atom is -0.385 e. The Morgan fingerprint density at radius 3 is 3.00 bits per heavy atom. The Hall–Kier alpha value is -1.92. The molecular weight excluding hydrogens is 320 g/mol. The summed E-state index contributed by atoms with van der Waals surface area (Å²) in [5, 5.41) is 11.8. The molecule has 0 unspecified atom stereocenters. The first-order valence-corrected chi connectivity index (χ1v) is 9.21. The maximum Gasteiger partial charge on any atom is 0.186 e. The van der Waals surface area contributed by atoms with Crippen LogP contribution in [0.25, 0.3) is 10.2 Å². The van der Waals surface area contributed by atoms with Crippen molar-refractivity contribution in [2.24, 2.45) is 13.0 Å². The van der Waals surface area contributed by atoms with Gasteiger partial charge in [-0.05, 0) is 31.4 Å². The Balaban J connectivity index is 1.58. The van der Waals surface area contributed by atoms with Crippen molar-refractivity contribution in [1.29, 1.82) is 0 Å². The van der Waals surface area contributed by atoms with Gasteiger partial charge in [-0.15, -0.1) is 0 Å². The molecule has 1 N–H and O–H groups in total. The molecule has 0 aliphatic carbocycles. The molecule has 126 valence electrons.